The highest BCUT2D eigenvalue weighted by Crippen LogP contribution is 2.28. The lowest BCUT2D eigenvalue weighted by molar-refractivity contribution is 0.0572. The molecule has 1 heterocycles. The van der Waals surface area contributed by atoms with Crippen LogP contribution in [0.4, 0.5) is 14.5 Å². The number of rotatable bonds is 1. The largest absolute Gasteiger partial charge is 0.389 e. The summed E-state index contributed by atoms with van der Waals surface area (Å²) < 4.78 is 27.2. The summed E-state index contributed by atoms with van der Waals surface area (Å²) in [5, 5.41) is 27.2. The first-order valence-electron chi connectivity index (χ1n) is 5.03. The third-order valence-electron chi connectivity index (χ3n) is 2.72. The summed E-state index contributed by atoms with van der Waals surface area (Å²) in [5.74, 6) is -1.74. The van der Waals surface area contributed by atoms with Gasteiger partial charge in [-0.25, -0.2) is 8.78 Å². The summed E-state index contributed by atoms with van der Waals surface area (Å²) in [4.78, 5) is 1.22. The molecule has 17 heavy (non-hydrogen) atoms. The van der Waals surface area contributed by atoms with Crippen LogP contribution in [-0.4, -0.2) is 35.5 Å². The minimum atomic E-state index is -1.02. The van der Waals surface area contributed by atoms with Crippen LogP contribution in [0, 0.1) is 23.0 Å². The molecule has 2 unspecified atom stereocenters. The zero-order valence-electron chi connectivity index (χ0n) is 8.77. The van der Waals surface area contributed by atoms with Gasteiger partial charge in [0.15, 0.2) is 11.6 Å². The molecule has 2 N–H and O–H groups in total. The van der Waals surface area contributed by atoms with Crippen LogP contribution >= 0.6 is 0 Å². The molecule has 2 atom stereocenters. The summed E-state index contributed by atoms with van der Waals surface area (Å²) in [7, 11) is 0. The van der Waals surface area contributed by atoms with Gasteiger partial charge in [0, 0.05) is 13.1 Å². The van der Waals surface area contributed by atoms with Crippen molar-refractivity contribution in [3.63, 3.8) is 0 Å². The average Bonchev–Trinajstić information content (AvgIpc) is 2.57. The number of anilines is 1. The van der Waals surface area contributed by atoms with E-state index in [0.717, 1.165) is 12.1 Å². The van der Waals surface area contributed by atoms with Crippen LogP contribution in [-0.2, 0) is 0 Å². The van der Waals surface area contributed by atoms with Crippen LogP contribution in [0.3, 0.4) is 0 Å². The molecule has 1 fully saturated rings. The molecule has 1 aromatic rings. The number of hydrogen-bond acceptors (Lipinski definition) is 4. The van der Waals surface area contributed by atoms with Crippen molar-refractivity contribution in [1.29, 1.82) is 5.26 Å². The summed E-state index contributed by atoms with van der Waals surface area (Å²) in [6.07, 6.45) is -2.05. The fraction of sp³-hybridized carbons (Fsp3) is 0.364. The van der Waals surface area contributed by atoms with Crippen molar-refractivity contribution in [3.05, 3.63) is 29.3 Å². The number of β-amino-alcohol motifs (C(OH)–C–C–N with tert-alkyl or cyclic N) is 2. The van der Waals surface area contributed by atoms with Gasteiger partial charge in [-0.05, 0) is 12.1 Å². The molecule has 0 saturated carbocycles. The van der Waals surface area contributed by atoms with Crippen LogP contribution in [0.5, 0.6) is 0 Å². The van der Waals surface area contributed by atoms with Gasteiger partial charge in [0.05, 0.1) is 23.8 Å². The van der Waals surface area contributed by atoms with E-state index in [4.69, 9.17) is 5.26 Å². The van der Waals surface area contributed by atoms with E-state index in [2.05, 4.69) is 0 Å². The van der Waals surface area contributed by atoms with E-state index in [1.54, 1.807) is 6.07 Å². The lowest BCUT2D eigenvalue weighted by atomic mass is 10.2. The molecule has 1 saturated heterocycles. The Bertz CT molecular complexity index is 454. The summed E-state index contributed by atoms with van der Waals surface area (Å²) in [5.41, 5.74) is -0.427. The number of halogens is 2. The van der Waals surface area contributed by atoms with E-state index in [1.807, 2.05) is 0 Å². The van der Waals surface area contributed by atoms with Gasteiger partial charge in [-0.1, -0.05) is 0 Å². The molecule has 6 heteroatoms. The van der Waals surface area contributed by atoms with Gasteiger partial charge >= 0.3 is 0 Å². The number of nitrogens with zero attached hydrogens (tertiary/aromatic N) is 2. The number of aliphatic hydroxyl groups is 2. The molecular weight excluding hydrogens is 230 g/mol. The van der Waals surface area contributed by atoms with Crippen LogP contribution in [0.15, 0.2) is 12.1 Å². The quantitative estimate of drug-likeness (QED) is 0.744. The maximum absolute atomic E-state index is 13.6. The van der Waals surface area contributed by atoms with Crippen molar-refractivity contribution in [2.24, 2.45) is 0 Å². The molecule has 0 radical (unpaired) electrons. The van der Waals surface area contributed by atoms with Gasteiger partial charge in [0.25, 0.3) is 0 Å². The highest BCUT2D eigenvalue weighted by Gasteiger charge is 2.32. The maximum atomic E-state index is 13.6. The molecule has 4 nitrogen and oxygen atoms in total. The highest BCUT2D eigenvalue weighted by atomic mass is 19.1. The van der Waals surface area contributed by atoms with E-state index >= 15 is 0 Å². The molecule has 90 valence electrons. The number of benzene rings is 1. The van der Waals surface area contributed by atoms with Gasteiger partial charge in [0.2, 0.25) is 0 Å². The first-order chi connectivity index (χ1) is 8.02. The molecule has 0 amide bonds. The molecule has 0 aliphatic carbocycles. The molecule has 2 rings (SSSR count). The van der Waals surface area contributed by atoms with Crippen LogP contribution in [0.2, 0.25) is 0 Å². The molecule has 0 spiro atoms. The molecule has 1 aliphatic rings. The van der Waals surface area contributed by atoms with Crippen LogP contribution in [0.25, 0.3) is 0 Å². The predicted molar refractivity (Wildman–Crippen MR) is 55.3 cm³/mol. The number of hydrogen-bond donors (Lipinski definition) is 2. The molecule has 0 aromatic heterocycles. The van der Waals surface area contributed by atoms with E-state index in [1.165, 1.54) is 4.90 Å². The van der Waals surface area contributed by atoms with E-state index in [9.17, 15) is 19.0 Å². The first kappa shape index (κ1) is 11.8. The minimum absolute atomic E-state index is 0.0408. The van der Waals surface area contributed by atoms with Gasteiger partial charge in [-0.15, -0.1) is 0 Å². The van der Waals surface area contributed by atoms with Gasteiger partial charge in [0.1, 0.15) is 5.69 Å². The van der Waals surface area contributed by atoms with Crippen molar-refractivity contribution in [2.45, 2.75) is 12.2 Å². The lowest BCUT2D eigenvalue weighted by Crippen LogP contribution is -2.23. The molecule has 0 bridgehead atoms. The number of nitriles is 1. The predicted octanol–water partition coefficient (Wildman–Crippen LogP) is 0.378. The van der Waals surface area contributed by atoms with E-state index in [-0.39, 0.29) is 24.3 Å². The Balaban J connectivity index is 2.37. The Morgan fingerprint density at radius 2 is 1.65 bits per heavy atom. The number of aliphatic hydroxyl groups excluding tert-OH is 2. The second kappa shape index (κ2) is 4.28. The van der Waals surface area contributed by atoms with E-state index < -0.39 is 23.8 Å². The Morgan fingerprint density at radius 1 is 1.18 bits per heavy atom. The standard InChI is InChI=1S/C11H10F2N2O2/c12-7-1-6(3-14)2-8(13)11(7)15-4-9(16)10(17)5-15/h1-2,9-10,16-17H,4-5H2. The summed E-state index contributed by atoms with van der Waals surface area (Å²) in [6, 6.07) is 3.50. The molecule has 1 aliphatic heterocycles. The van der Waals surface area contributed by atoms with Gasteiger partial charge < -0.3 is 15.1 Å². The third-order valence-corrected chi connectivity index (χ3v) is 2.72. The average molecular weight is 240 g/mol. The Morgan fingerprint density at radius 3 is 2.06 bits per heavy atom. The zero-order valence-corrected chi connectivity index (χ0v) is 8.77. The minimum Gasteiger partial charge on any atom is -0.389 e. The highest BCUT2D eigenvalue weighted by molar-refractivity contribution is 5.53. The SMILES string of the molecule is N#Cc1cc(F)c(N2CC(O)C(O)C2)c(F)c1. The summed E-state index contributed by atoms with van der Waals surface area (Å²) >= 11 is 0. The Labute approximate surface area is 96.3 Å². The van der Waals surface area contributed by atoms with Crippen LogP contribution in [0.1, 0.15) is 5.56 Å². The molecule has 1 aromatic carbocycles. The second-order valence-electron chi connectivity index (χ2n) is 3.94. The van der Waals surface area contributed by atoms with Crippen LogP contribution < -0.4 is 4.90 Å². The zero-order chi connectivity index (χ0) is 12.6. The maximum Gasteiger partial charge on any atom is 0.150 e. The monoisotopic (exact) mass is 240 g/mol. The topological polar surface area (TPSA) is 67.5 Å². The normalized spacial score (nSPS) is 23.8. The fourth-order valence-corrected chi connectivity index (χ4v) is 1.88. The molecular formula is C11H10F2N2O2. The van der Waals surface area contributed by atoms with Crippen molar-refractivity contribution in [3.8, 4) is 6.07 Å². The second-order valence-corrected chi connectivity index (χ2v) is 3.94. The van der Waals surface area contributed by atoms with Crippen molar-refractivity contribution in [1.82, 2.24) is 0 Å². The smallest absolute Gasteiger partial charge is 0.150 e. The summed E-state index contributed by atoms with van der Waals surface area (Å²) in [6.45, 7) is -0.0815. The Hall–Kier alpha value is -1.71. The lowest BCUT2D eigenvalue weighted by Gasteiger charge is -2.19. The third kappa shape index (κ3) is 2.07. The van der Waals surface area contributed by atoms with Crippen molar-refractivity contribution >= 4 is 5.69 Å². The van der Waals surface area contributed by atoms with E-state index in [0.29, 0.717) is 0 Å². The van der Waals surface area contributed by atoms with Crippen molar-refractivity contribution in [2.75, 3.05) is 18.0 Å². The van der Waals surface area contributed by atoms with Gasteiger partial charge in [-0.2, -0.15) is 5.26 Å². The Kier molecular flexibility index (Phi) is 2.96. The fourth-order valence-electron chi connectivity index (χ4n) is 1.88. The van der Waals surface area contributed by atoms with Crippen molar-refractivity contribution < 1.29 is 19.0 Å². The van der Waals surface area contributed by atoms with Gasteiger partial charge in [-0.3, -0.25) is 0 Å². The first-order valence-corrected chi connectivity index (χ1v) is 5.03.